The van der Waals surface area contributed by atoms with Gasteiger partial charge in [0.2, 0.25) is 0 Å². The smallest absolute Gasteiger partial charge is 0.414 e. The number of rotatable bonds is 0. The maximum Gasteiger partial charge on any atom is 0.414 e. The summed E-state index contributed by atoms with van der Waals surface area (Å²) in [5, 5.41) is 14.8. The second kappa shape index (κ2) is 5.64. The Labute approximate surface area is 72.5 Å². The molecule has 0 aliphatic rings. The van der Waals surface area contributed by atoms with Crippen molar-refractivity contribution in [2.24, 2.45) is 0 Å². The number of hydrogen-bond acceptors (Lipinski definition) is 3. The quantitative estimate of drug-likeness (QED) is 0.574. The van der Waals surface area contributed by atoms with E-state index < -0.39 is 11.9 Å². The van der Waals surface area contributed by atoms with Crippen molar-refractivity contribution in [2.75, 3.05) is 0 Å². The monoisotopic (exact) mass is 188 g/mol. The molecule has 2 N–H and O–H groups in total. The normalized spacial score (nSPS) is 8.08. The lowest BCUT2D eigenvalue weighted by Crippen LogP contribution is -2.09. The Hall–Kier alpha value is -1.98. The van der Waals surface area contributed by atoms with Crippen LogP contribution < -0.4 is 0 Å². The van der Waals surface area contributed by atoms with E-state index in [1.54, 1.807) is 6.07 Å². The van der Waals surface area contributed by atoms with Gasteiger partial charge in [0.15, 0.2) is 0 Å². The molecule has 0 radical (unpaired) electrons. The molecule has 0 saturated carbocycles. The van der Waals surface area contributed by atoms with Crippen LogP contribution in [-0.4, -0.2) is 27.1 Å². The van der Waals surface area contributed by atoms with Gasteiger partial charge in [0.25, 0.3) is 0 Å². The largest absolute Gasteiger partial charge is 0.473 e. The Balaban J connectivity index is 0.000000226. The maximum absolute atomic E-state index is 11.8. The first-order chi connectivity index (χ1) is 6.04. The molecule has 0 bridgehead atoms. The number of aliphatic carboxylic acids is 2. The highest BCUT2D eigenvalue weighted by Crippen LogP contribution is 1.87. The Bertz CT molecular complexity index is 276. The number of nitrogens with zero attached hydrogens (tertiary/aromatic N) is 1. The summed E-state index contributed by atoms with van der Waals surface area (Å²) in [5.74, 6) is -3.94. The van der Waals surface area contributed by atoms with Gasteiger partial charge in [-0.25, -0.2) is 14.0 Å². The third kappa shape index (κ3) is 6.42. The summed E-state index contributed by atoms with van der Waals surface area (Å²) in [6.45, 7) is 0. The molecule has 0 spiro atoms. The van der Waals surface area contributed by atoms with E-state index in [2.05, 4.69) is 4.98 Å². The predicted molar refractivity (Wildman–Crippen MR) is 39.5 cm³/mol. The van der Waals surface area contributed by atoms with E-state index in [4.69, 9.17) is 19.8 Å². The van der Waals surface area contributed by atoms with Crippen molar-refractivity contribution in [2.45, 2.75) is 0 Å². The first kappa shape index (κ1) is 11.0. The zero-order valence-corrected chi connectivity index (χ0v) is 6.35. The van der Waals surface area contributed by atoms with Crippen molar-refractivity contribution in [3.8, 4) is 0 Å². The van der Waals surface area contributed by atoms with E-state index >= 15 is 0 Å². The molecule has 0 fully saturated rings. The number of carbonyl (C=O) groups is 2. The Morgan fingerprint density at radius 3 is 2.00 bits per heavy atom. The van der Waals surface area contributed by atoms with Gasteiger partial charge in [-0.05, 0) is 12.1 Å². The highest BCUT2D eigenvalue weighted by Gasteiger charge is 2.04. The number of pyridine rings is 1. The van der Waals surface area contributed by atoms with Crippen LogP contribution >= 0.6 is 0 Å². The summed E-state index contributed by atoms with van der Waals surface area (Å²) < 4.78 is 11.8. The molecule has 5 nitrogen and oxygen atoms in total. The van der Waals surface area contributed by atoms with Crippen LogP contribution in [0, 0.1) is 5.82 Å². The van der Waals surface area contributed by atoms with E-state index in [1.165, 1.54) is 18.5 Å². The minimum absolute atomic E-state index is 0.289. The molecule has 0 aromatic carbocycles. The molecule has 1 aromatic heterocycles. The zero-order chi connectivity index (χ0) is 10.3. The van der Waals surface area contributed by atoms with Crippen LogP contribution in [0.3, 0.4) is 0 Å². The summed E-state index contributed by atoms with van der Waals surface area (Å²) in [6.07, 6.45) is 2.70. The van der Waals surface area contributed by atoms with Crippen LogP contribution in [0.15, 0.2) is 24.5 Å². The van der Waals surface area contributed by atoms with Gasteiger partial charge in [0, 0.05) is 6.20 Å². The number of carboxylic acid groups (broad SMARTS) is 2. The molecule has 13 heavy (non-hydrogen) atoms. The minimum atomic E-state index is -1.82. The Kier molecular flexibility index (Phi) is 4.78. The number of hydrogen-bond donors (Lipinski definition) is 2. The van der Waals surface area contributed by atoms with Gasteiger partial charge in [-0.1, -0.05) is 0 Å². The molecule has 1 aromatic rings. The lowest BCUT2D eigenvalue weighted by atomic mass is 10.5. The van der Waals surface area contributed by atoms with Gasteiger partial charge in [0.05, 0.1) is 6.20 Å². The van der Waals surface area contributed by atoms with Gasteiger partial charge in [-0.2, -0.15) is 0 Å². The fourth-order valence-corrected chi connectivity index (χ4v) is 0.342. The third-order valence-corrected chi connectivity index (χ3v) is 0.808. The van der Waals surface area contributed by atoms with Crippen LogP contribution in [0.2, 0.25) is 0 Å². The molecule has 6 heteroatoms. The summed E-state index contributed by atoms with van der Waals surface area (Å²) in [5.41, 5.74) is 0. The fourth-order valence-electron chi connectivity index (χ4n) is 0.342. The predicted octanol–water partition coefficient (Wildman–Crippen LogP) is 0.376. The lowest BCUT2D eigenvalue weighted by molar-refractivity contribution is -0.159. The van der Waals surface area contributed by atoms with E-state index in [9.17, 15) is 4.39 Å². The Morgan fingerprint density at radius 1 is 1.31 bits per heavy atom. The maximum atomic E-state index is 11.8. The summed E-state index contributed by atoms with van der Waals surface area (Å²) in [6, 6.07) is 2.91. The minimum Gasteiger partial charge on any atom is -0.473 e. The number of halogens is 1. The standard InChI is InChI=1S/C5H4FN.C2H2O4/c6-5-2-1-3-7-4-5;3-1(4)2(5)6/h1-4H;(H,3,4)(H,5,6)/i7+1;. The molecule has 0 aliphatic heterocycles. The zero-order valence-electron chi connectivity index (χ0n) is 6.35. The summed E-state index contributed by atoms with van der Waals surface area (Å²) in [4.78, 5) is 21.7. The average molecular weight is 188 g/mol. The lowest BCUT2D eigenvalue weighted by Gasteiger charge is -1.78. The average Bonchev–Trinajstić information content (AvgIpc) is 2.06. The molecule has 1 rings (SSSR count). The summed E-state index contributed by atoms with van der Waals surface area (Å²) in [7, 11) is 0. The van der Waals surface area contributed by atoms with Crippen LogP contribution in [0.5, 0.6) is 0 Å². The molecule has 0 saturated heterocycles. The van der Waals surface area contributed by atoms with Gasteiger partial charge >= 0.3 is 11.9 Å². The molecule has 0 aliphatic carbocycles. The highest BCUT2D eigenvalue weighted by atomic mass is 19.1. The van der Waals surface area contributed by atoms with Crippen LogP contribution in [0.25, 0.3) is 0 Å². The van der Waals surface area contributed by atoms with Crippen molar-refractivity contribution >= 4 is 11.9 Å². The van der Waals surface area contributed by atoms with Gasteiger partial charge in [0.1, 0.15) is 5.82 Å². The van der Waals surface area contributed by atoms with Crippen LogP contribution in [0.1, 0.15) is 0 Å². The van der Waals surface area contributed by atoms with Gasteiger partial charge < -0.3 is 10.2 Å². The van der Waals surface area contributed by atoms with Crippen molar-refractivity contribution in [1.82, 2.24) is 4.98 Å². The van der Waals surface area contributed by atoms with Crippen LogP contribution in [0.4, 0.5) is 4.39 Å². The van der Waals surface area contributed by atoms with Crippen molar-refractivity contribution < 1.29 is 24.2 Å². The second-order valence-electron chi connectivity index (χ2n) is 1.78. The second-order valence-corrected chi connectivity index (χ2v) is 1.78. The number of aromatic nitrogens is 1. The van der Waals surface area contributed by atoms with Crippen LogP contribution in [-0.2, 0) is 9.59 Å². The molecule has 0 unspecified atom stereocenters. The molecule has 70 valence electrons. The third-order valence-electron chi connectivity index (χ3n) is 0.808. The Morgan fingerprint density at radius 2 is 1.85 bits per heavy atom. The SMILES string of the molecule is Fc1ccc[15n]c1.O=C(O)C(=O)O. The highest BCUT2D eigenvalue weighted by molar-refractivity contribution is 6.27. The molecule has 0 atom stereocenters. The molecule has 1 heterocycles. The molecule has 0 amide bonds. The van der Waals surface area contributed by atoms with Crippen molar-refractivity contribution in [1.29, 1.82) is 0 Å². The van der Waals surface area contributed by atoms with Crippen molar-refractivity contribution in [3.63, 3.8) is 0 Å². The molecular weight excluding hydrogens is 182 g/mol. The van der Waals surface area contributed by atoms with Gasteiger partial charge in [-0.15, -0.1) is 0 Å². The summed E-state index contributed by atoms with van der Waals surface area (Å²) >= 11 is 0. The van der Waals surface area contributed by atoms with E-state index in [0.29, 0.717) is 0 Å². The topological polar surface area (TPSA) is 87.5 Å². The van der Waals surface area contributed by atoms with E-state index in [0.717, 1.165) is 0 Å². The van der Waals surface area contributed by atoms with Gasteiger partial charge in [-0.3, -0.25) is 4.98 Å². The first-order valence-corrected chi connectivity index (χ1v) is 3.05. The van der Waals surface area contributed by atoms with Crippen molar-refractivity contribution in [3.05, 3.63) is 30.3 Å². The first-order valence-electron chi connectivity index (χ1n) is 3.05. The van der Waals surface area contributed by atoms with E-state index in [1.807, 2.05) is 0 Å². The number of carboxylic acids is 2. The molecular formula is C7H6FNO4. The van der Waals surface area contributed by atoms with E-state index in [-0.39, 0.29) is 5.82 Å². The fraction of sp³-hybridized carbons (Fsp3) is 0.